The van der Waals surface area contributed by atoms with Gasteiger partial charge in [-0.2, -0.15) is 13.2 Å². The molecule has 10 nitrogen and oxygen atoms in total. The van der Waals surface area contributed by atoms with Gasteiger partial charge >= 0.3 is 6.18 Å². The third kappa shape index (κ3) is 10.9. The largest absolute Gasteiger partial charge is 0.433 e. The summed E-state index contributed by atoms with van der Waals surface area (Å²) in [6, 6.07) is 24.8. The lowest BCUT2D eigenvalue weighted by Crippen LogP contribution is -2.55. The van der Waals surface area contributed by atoms with E-state index in [2.05, 4.69) is 72.0 Å². The van der Waals surface area contributed by atoms with E-state index in [1.165, 1.54) is 41.0 Å². The number of hydrogen-bond acceptors (Lipinski definition) is 9. The molecule has 2 amide bonds. The molecule has 0 radical (unpaired) electrons. The molecule has 2 aromatic heterocycles. The van der Waals surface area contributed by atoms with Crippen molar-refractivity contribution in [1.29, 1.82) is 0 Å². The molecule has 0 N–H and O–H groups in total. The van der Waals surface area contributed by atoms with E-state index in [0.717, 1.165) is 96.0 Å². The molecule has 4 aromatic rings. The van der Waals surface area contributed by atoms with E-state index in [1.807, 2.05) is 35.4 Å². The van der Waals surface area contributed by atoms with Crippen LogP contribution in [0.25, 0.3) is 0 Å². The van der Waals surface area contributed by atoms with E-state index in [9.17, 15) is 22.8 Å². The molecule has 2 aromatic carbocycles. The van der Waals surface area contributed by atoms with Crippen LogP contribution in [0.3, 0.4) is 0 Å². The molecule has 0 atom stereocenters. The number of rotatable bonds is 14. The minimum absolute atomic E-state index is 0.0839. The van der Waals surface area contributed by atoms with Gasteiger partial charge in [0.15, 0.2) is 5.13 Å². The van der Waals surface area contributed by atoms with Crippen LogP contribution in [0.2, 0.25) is 0 Å². The lowest BCUT2D eigenvalue weighted by atomic mass is 10.1. The van der Waals surface area contributed by atoms with E-state index < -0.39 is 11.9 Å². The van der Waals surface area contributed by atoms with Gasteiger partial charge in [-0.25, -0.2) is 9.97 Å². The summed E-state index contributed by atoms with van der Waals surface area (Å²) in [5.74, 6) is 0.0606. The fourth-order valence-electron chi connectivity index (χ4n) is 8.49. The number of aromatic nitrogens is 2. The Balaban J connectivity index is 0.000000181. The fourth-order valence-corrected chi connectivity index (χ4v) is 9.15. The van der Waals surface area contributed by atoms with Crippen molar-refractivity contribution in [3.63, 3.8) is 0 Å². The second-order valence-electron chi connectivity index (χ2n) is 16.3. The van der Waals surface area contributed by atoms with Crippen molar-refractivity contribution in [2.24, 2.45) is 0 Å². The van der Waals surface area contributed by atoms with Crippen molar-refractivity contribution < 1.29 is 22.8 Å². The molecule has 0 spiro atoms. The Morgan fingerprint density at radius 3 is 1.56 bits per heavy atom. The molecular weight excluding hydrogens is 774 g/mol. The molecule has 2 saturated carbocycles. The molecule has 4 heterocycles. The zero-order valence-electron chi connectivity index (χ0n) is 34.3. The molecular formula is C45H57F3N8O2S. The van der Waals surface area contributed by atoms with Crippen LogP contribution in [0.1, 0.15) is 69.2 Å². The number of anilines is 2. The van der Waals surface area contributed by atoms with Crippen molar-refractivity contribution in [2.75, 3.05) is 75.2 Å². The first-order valence-electron chi connectivity index (χ1n) is 21.1. The van der Waals surface area contributed by atoms with Crippen LogP contribution in [0.15, 0.2) is 90.4 Å². The molecule has 59 heavy (non-hydrogen) atoms. The third-order valence-corrected chi connectivity index (χ3v) is 13.1. The minimum Gasteiger partial charge on any atom is -0.297 e. The van der Waals surface area contributed by atoms with E-state index in [1.54, 1.807) is 24.5 Å². The number of hydrogen-bond donors (Lipinski definition) is 0. The van der Waals surface area contributed by atoms with Crippen LogP contribution in [-0.2, 0) is 28.9 Å². The number of halogens is 3. The number of carbonyl (C=O) groups is 2. The van der Waals surface area contributed by atoms with Crippen LogP contribution in [0, 0.1) is 0 Å². The summed E-state index contributed by atoms with van der Waals surface area (Å²) in [6.07, 6.45) is 2.26. The topological polar surface area (TPSA) is 79.4 Å². The molecule has 4 aliphatic rings. The minimum atomic E-state index is -4.54. The first-order valence-corrected chi connectivity index (χ1v) is 22.0. The van der Waals surface area contributed by atoms with E-state index in [4.69, 9.17) is 0 Å². The van der Waals surface area contributed by atoms with Gasteiger partial charge in [0.2, 0.25) is 11.8 Å². The molecule has 2 saturated heterocycles. The highest BCUT2D eigenvalue weighted by molar-refractivity contribution is 7.13. The van der Waals surface area contributed by atoms with Crippen LogP contribution in [-0.4, -0.2) is 118 Å². The van der Waals surface area contributed by atoms with Crippen LogP contribution in [0.5, 0.6) is 0 Å². The number of thiazole rings is 1. The molecule has 2 aliphatic heterocycles. The SMILES string of the molecule is CCC(=O)N(CC1(N2CCN(Cc3ccccc3)CC2)CC1)c1cccc(C(F)(F)F)n1.CCC(=O)N(CC1(N2CCN(Cc3ccccc3)CC2)CC1)c1nccs1. The Hall–Kier alpha value is -4.21. The van der Waals surface area contributed by atoms with Crippen molar-refractivity contribution in [3.05, 3.63) is 107 Å². The van der Waals surface area contributed by atoms with Gasteiger partial charge in [0.05, 0.1) is 0 Å². The highest BCUT2D eigenvalue weighted by atomic mass is 32.1. The van der Waals surface area contributed by atoms with E-state index in [0.29, 0.717) is 13.0 Å². The molecule has 0 bridgehead atoms. The molecule has 8 rings (SSSR count). The quantitative estimate of drug-likeness (QED) is 0.130. The number of benzene rings is 2. The lowest BCUT2D eigenvalue weighted by molar-refractivity contribution is -0.141. The predicted octanol–water partition coefficient (Wildman–Crippen LogP) is 7.43. The van der Waals surface area contributed by atoms with Gasteiger partial charge in [0.1, 0.15) is 11.5 Å². The van der Waals surface area contributed by atoms with E-state index in [-0.39, 0.29) is 35.1 Å². The normalized spacial score (nSPS) is 19.3. The van der Waals surface area contributed by atoms with Gasteiger partial charge in [-0.15, -0.1) is 11.3 Å². The summed E-state index contributed by atoms with van der Waals surface area (Å²) >= 11 is 1.56. The maximum atomic E-state index is 13.2. The van der Waals surface area contributed by atoms with Gasteiger partial charge in [-0.3, -0.25) is 39.0 Å². The van der Waals surface area contributed by atoms with Crippen molar-refractivity contribution >= 4 is 34.1 Å². The van der Waals surface area contributed by atoms with Gasteiger partial charge in [-0.05, 0) is 48.9 Å². The van der Waals surface area contributed by atoms with E-state index >= 15 is 0 Å². The van der Waals surface area contributed by atoms with Crippen molar-refractivity contribution in [3.8, 4) is 0 Å². The number of piperazine rings is 2. The molecule has 14 heteroatoms. The maximum absolute atomic E-state index is 13.2. The number of alkyl halides is 3. The lowest BCUT2D eigenvalue weighted by Gasteiger charge is -2.41. The maximum Gasteiger partial charge on any atom is 0.433 e. The zero-order valence-corrected chi connectivity index (χ0v) is 35.1. The first kappa shape index (κ1) is 42.9. The average molecular weight is 831 g/mol. The standard InChI is InChI=1S/C24H29F3N4O.C21H28N4OS/c1-2-22(32)31(21-10-6-9-20(28-21)24(25,26)27)18-23(11-12-23)30-15-13-29(14-16-30)17-19-7-4-3-5-8-19;1-2-19(26)25(20-22-10-15-27-20)17-21(8-9-21)24-13-11-23(12-14-24)16-18-6-4-3-5-7-18/h3-10H,2,11-18H2,1H3;3-7,10,15H,2,8-9,11-14,16-17H2,1H3. The number of pyridine rings is 1. The smallest absolute Gasteiger partial charge is 0.297 e. The molecule has 0 unspecified atom stereocenters. The van der Waals surface area contributed by atoms with Gasteiger partial charge in [0, 0.05) is 114 Å². The summed E-state index contributed by atoms with van der Waals surface area (Å²) in [4.78, 5) is 46.8. The molecule has 2 aliphatic carbocycles. The number of amides is 2. The van der Waals surface area contributed by atoms with Crippen molar-refractivity contribution in [2.45, 2.75) is 82.7 Å². The summed E-state index contributed by atoms with van der Waals surface area (Å²) in [7, 11) is 0. The monoisotopic (exact) mass is 830 g/mol. The summed E-state index contributed by atoms with van der Waals surface area (Å²) in [5, 5.41) is 2.79. The number of nitrogens with zero attached hydrogens (tertiary/aromatic N) is 8. The highest BCUT2D eigenvalue weighted by Crippen LogP contribution is 2.45. The fraction of sp³-hybridized carbons (Fsp3) is 0.511. The van der Waals surface area contributed by atoms with Gasteiger partial charge < -0.3 is 0 Å². The third-order valence-electron chi connectivity index (χ3n) is 12.3. The van der Waals surface area contributed by atoms with Crippen LogP contribution in [0.4, 0.5) is 24.1 Å². The molecule has 316 valence electrons. The Morgan fingerprint density at radius 1 is 0.661 bits per heavy atom. The van der Waals surface area contributed by atoms with Crippen molar-refractivity contribution in [1.82, 2.24) is 29.6 Å². The van der Waals surface area contributed by atoms with Crippen LogP contribution < -0.4 is 9.80 Å². The van der Waals surface area contributed by atoms with Gasteiger partial charge in [0.25, 0.3) is 0 Å². The predicted molar refractivity (Wildman–Crippen MR) is 227 cm³/mol. The Morgan fingerprint density at radius 2 is 1.14 bits per heavy atom. The molecule has 4 fully saturated rings. The zero-order chi connectivity index (χ0) is 41.5. The average Bonchev–Trinajstić information content (AvgIpc) is 4.18. The summed E-state index contributed by atoms with van der Waals surface area (Å²) in [6.45, 7) is 14.8. The number of carbonyl (C=O) groups excluding carboxylic acids is 2. The summed E-state index contributed by atoms with van der Waals surface area (Å²) < 4.78 is 39.5. The Bertz CT molecular complexity index is 1940. The van der Waals surface area contributed by atoms with Gasteiger partial charge in [-0.1, -0.05) is 80.6 Å². The second kappa shape index (κ2) is 19.0. The first-order chi connectivity index (χ1) is 28.5. The Kier molecular flexibility index (Phi) is 13.8. The highest BCUT2D eigenvalue weighted by Gasteiger charge is 2.51. The second-order valence-corrected chi connectivity index (χ2v) is 17.2. The van der Waals surface area contributed by atoms with Crippen LogP contribution >= 0.6 is 11.3 Å². The Labute approximate surface area is 350 Å². The summed E-state index contributed by atoms with van der Waals surface area (Å²) in [5.41, 5.74) is 1.70.